The summed E-state index contributed by atoms with van der Waals surface area (Å²) in [7, 11) is -9.81. The molecule has 0 atom stereocenters. The Kier molecular flexibility index (Phi) is 32.8. The van der Waals surface area contributed by atoms with Crippen LogP contribution in [-0.2, 0) is 15.0 Å². The molecule has 0 aliphatic rings. The van der Waals surface area contributed by atoms with Gasteiger partial charge in [-0.3, -0.25) is 8.42 Å². The van der Waals surface area contributed by atoms with E-state index in [2.05, 4.69) is 6.92 Å². The average Bonchev–Trinajstić information content (AvgIpc) is 2.33. The van der Waals surface area contributed by atoms with Gasteiger partial charge in [0.25, 0.3) is 0 Å². The maximum Gasteiger partial charge on any atom is 2.00 e. The van der Waals surface area contributed by atoms with E-state index in [-0.39, 0.29) is 37.7 Å². The summed E-state index contributed by atoms with van der Waals surface area (Å²) in [4.78, 5) is 21.6. The van der Waals surface area contributed by atoms with Crippen LogP contribution in [0.25, 0.3) is 0 Å². The van der Waals surface area contributed by atoms with Gasteiger partial charge in [0.15, 0.2) is 0 Å². The molecule has 0 aliphatic carbocycles. The number of hydrogen-bond donors (Lipinski definition) is 3. The molecule has 0 rings (SSSR count). The zero-order valence-electron chi connectivity index (χ0n) is 14.7. The molecular weight excluding hydrogens is 398 g/mol. The molecule has 24 heavy (non-hydrogen) atoms. The first kappa shape index (κ1) is 33.8. The summed E-state index contributed by atoms with van der Waals surface area (Å²) in [5, 5.41) is 0. The minimum atomic E-state index is -5.17. The number of unbranched alkanes of at least 4 members (excludes halogenated alkanes) is 9. The van der Waals surface area contributed by atoms with E-state index in [0.717, 1.165) is 0 Å². The average molecular weight is 426 g/mol. The van der Waals surface area contributed by atoms with E-state index in [9.17, 15) is 0 Å². The van der Waals surface area contributed by atoms with E-state index >= 15 is 0 Å². The topological polar surface area (TPSA) is 158 Å². The molecule has 0 aromatic heterocycles. The molecule has 0 aromatic carbocycles. The van der Waals surface area contributed by atoms with Crippen molar-refractivity contribution in [3.8, 4) is 0 Å². The molecule has 3 N–H and O–H groups in total. The van der Waals surface area contributed by atoms with E-state index < -0.39 is 18.2 Å². The monoisotopic (exact) mass is 426 g/mol. The SMILES string of the molecule is CCCCCCCCCCC[CH2][Na].O=P(O)(O)O.O=S(=O)([O-])[O-].[Ca+2]. The van der Waals surface area contributed by atoms with Crippen LogP contribution < -0.4 is 0 Å². The van der Waals surface area contributed by atoms with Crippen LogP contribution in [0.2, 0.25) is 3.67 Å². The van der Waals surface area contributed by atoms with Crippen molar-refractivity contribution in [1.29, 1.82) is 0 Å². The third-order valence-electron chi connectivity index (χ3n) is 2.71. The Labute approximate surface area is 193 Å². The number of phosphoric acid groups is 1. The second-order valence-corrected chi connectivity index (χ2v) is 7.95. The molecule has 0 heterocycles. The predicted molar refractivity (Wildman–Crippen MR) is 92.9 cm³/mol. The largest absolute Gasteiger partial charge is 2.00 e. The Morgan fingerprint density at radius 3 is 1.25 bits per heavy atom. The molecule has 0 fully saturated rings. The van der Waals surface area contributed by atoms with Gasteiger partial charge in [-0.25, -0.2) is 4.57 Å². The van der Waals surface area contributed by atoms with E-state index in [0.29, 0.717) is 0 Å². The number of rotatable bonds is 10. The summed E-state index contributed by atoms with van der Waals surface area (Å²) in [6.07, 6.45) is 14.7. The van der Waals surface area contributed by atoms with Gasteiger partial charge in [0.1, 0.15) is 0 Å². The second kappa shape index (κ2) is 23.3. The van der Waals surface area contributed by atoms with E-state index in [1.807, 2.05) is 0 Å². The van der Waals surface area contributed by atoms with Gasteiger partial charge in [-0.05, 0) is 0 Å². The van der Waals surface area contributed by atoms with Crippen molar-refractivity contribution in [1.82, 2.24) is 0 Å². The molecular formula is C12H28CaNaO8PS. The van der Waals surface area contributed by atoms with Gasteiger partial charge in [-0.1, -0.05) is 0 Å². The van der Waals surface area contributed by atoms with Gasteiger partial charge in [0, 0.05) is 10.4 Å². The third-order valence-corrected chi connectivity index (χ3v) is 3.41. The maximum absolute atomic E-state index is 8.88. The molecule has 0 saturated heterocycles. The van der Waals surface area contributed by atoms with E-state index in [1.54, 1.807) is 0 Å². The summed E-state index contributed by atoms with van der Waals surface area (Å²) < 4.78 is 44.5. The first-order valence-electron chi connectivity index (χ1n) is 7.86. The van der Waals surface area contributed by atoms with Crippen LogP contribution in [0, 0.1) is 0 Å². The Bertz CT molecular complexity index is 351. The van der Waals surface area contributed by atoms with Crippen LogP contribution >= 0.6 is 7.82 Å². The standard InChI is InChI=1S/C12H25.Ca.Na.H3O4P.H2O4S/c1-3-5-7-9-11-12-10-8-6-4-2;;;2*1-5(2,3)4/h1,3-12H2,2H3;;;(H3,1,2,3,4);(H2,1,2,3,4)/q;+2;;;/p-2. The zero-order valence-corrected chi connectivity index (χ0v) is 20.6. The van der Waals surface area contributed by atoms with E-state index in [1.165, 1.54) is 95.8 Å². The molecule has 0 amide bonds. The summed E-state index contributed by atoms with van der Waals surface area (Å²) in [6, 6.07) is 0. The van der Waals surface area contributed by atoms with Gasteiger partial charge < -0.3 is 23.8 Å². The predicted octanol–water partition coefficient (Wildman–Crippen LogP) is 1.85. The Hall–Kier alpha value is 2.24. The smallest absolute Gasteiger partial charge is 0.759 e. The fourth-order valence-corrected chi connectivity index (χ4v) is 2.24. The van der Waals surface area contributed by atoms with E-state index in [4.69, 9.17) is 36.8 Å². The van der Waals surface area contributed by atoms with Crippen molar-refractivity contribution in [2.45, 2.75) is 74.8 Å². The minimum absolute atomic E-state index is 0. The van der Waals surface area contributed by atoms with Crippen molar-refractivity contribution >= 4 is 83.9 Å². The zero-order chi connectivity index (χ0) is 18.8. The van der Waals surface area contributed by atoms with Crippen LogP contribution in [0.1, 0.15) is 71.1 Å². The normalized spacial score (nSPS) is 10.7. The molecule has 0 saturated carbocycles. The Morgan fingerprint density at radius 2 is 1.04 bits per heavy atom. The van der Waals surface area contributed by atoms with Crippen LogP contribution in [0.3, 0.4) is 0 Å². The van der Waals surface area contributed by atoms with Crippen molar-refractivity contribution < 1.29 is 36.8 Å². The van der Waals surface area contributed by atoms with Gasteiger partial charge in [-0.15, -0.1) is 0 Å². The van der Waals surface area contributed by atoms with Crippen molar-refractivity contribution in [3.05, 3.63) is 0 Å². The molecule has 0 radical (unpaired) electrons. The minimum Gasteiger partial charge on any atom is -0.759 e. The summed E-state index contributed by atoms with van der Waals surface area (Å²) in [5.74, 6) is 0. The quantitative estimate of drug-likeness (QED) is 0.157. The molecule has 0 bridgehead atoms. The van der Waals surface area contributed by atoms with Crippen LogP contribution in [0.4, 0.5) is 0 Å². The Balaban J connectivity index is -0.000000151. The van der Waals surface area contributed by atoms with Gasteiger partial charge in [-0.2, -0.15) is 0 Å². The maximum atomic E-state index is 8.88. The first-order chi connectivity index (χ1) is 10.4. The molecule has 0 spiro atoms. The van der Waals surface area contributed by atoms with Crippen molar-refractivity contribution in [3.63, 3.8) is 0 Å². The van der Waals surface area contributed by atoms with Crippen molar-refractivity contribution in [2.75, 3.05) is 0 Å². The molecule has 0 aromatic rings. The third kappa shape index (κ3) is 87.4. The van der Waals surface area contributed by atoms with Crippen LogP contribution in [0.5, 0.6) is 0 Å². The Morgan fingerprint density at radius 1 is 0.833 bits per heavy atom. The summed E-state index contributed by atoms with van der Waals surface area (Å²) >= 11 is 1.41. The molecule has 12 heteroatoms. The summed E-state index contributed by atoms with van der Waals surface area (Å²) in [6.45, 7) is 2.29. The van der Waals surface area contributed by atoms with Crippen molar-refractivity contribution in [2.24, 2.45) is 0 Å². The molecule has 8 nitrogen and oxygen atoms in total. The molecule has 138 valence electrons. The summed E-state index contributed by atoms with van der Waals surface area (Å²) in [5.41, 5.74) is 0. The second-order valence-electron chi connectivity index (χ2n) is 5.10. The number of hydrogen-bond acceptors (Lipinski definition) is 5. The molecule has 0 unspecified atom stereocenters. The molecule has 0 aliphatic heterocycles. The van der Waals surface area contributed by atoms with Gasteiger partial charge in [0.2, 0.25) is 0 Å². The first-order valence-corrected chi connectivity index (χ1v) is 12.2. The fourth-order valence-electron chi connectivity index (χ4n) is 1.74. The van der Waals surface area contributed by atoms with Crippen LogP contribution in [-0.4, -0.2) is 97.9 Å². The van der Waals surface area contributed by atoms with Gasteiger partial charge in [0.05, 0.1) is 0 Å². The fraction of sp³-hybridized carbons (Fsp3) is 1.00. The van der Waals surface area contributed by atoms with Crippen LogP contribution in [0.15, 0.2) is 0 Å². The van der Waals surface area contributed by atoms with Gasteiger partial charge >= 0.3 is 148 Å².